The molecule has 1 aliphatic carbocycles. The van der Waals surface area contributed by atoms with E-state index in [1.807, 2.05) is 27.7 Å². The number of nitrogens with zero attached hydrogens (tertiary/aromatic N) is 3. The molecule has 0 aromatic heterocycles. The summed E-state index contributed by atoms with van der Waals surface area (Å²) in [6.07, 6.45) is 2.24. The van der Waals surface area contributed by atoms with Gasteiger partial charge in [0.2, 0.25) is 11.8 Å². The molecule has 1 aliphatic heterocycles. The number of guanidine groups is 1. The van der Waals surface area contributed by atoms with Gasteiger partial charge in [-0.25, -0.2) is 0 Å². The van der Waals surface area contributed by atoms with Gasteiger partial charge in [-0.1, -0.05) is 0 Å². The van der Waals surface area contributed by atoms with Gasteiger partial charge in [0, 0.05) is 45.3 Å². The Kier molecular flexibility index (Phi) is 7.89. The van der Waals surface area contributed by atoms with E-state index in [-0.39, 0.29) is 11.8 Å². The summed E-state index contributed by atoms with van der Waals surface area (Å²) >= 11 is 0. The number of rotatable bonds is 8. The molecule has 1 heterocycles. The molecular weight excluding hydrogens is 344 g/mol. The van der Waals surface area contributed by atoms with Crippen LogP contribution in [0.15, 0.2) is 4.99 Å². The molecule has 8 heteroatoms. The van der Waals surface area contributed by atoms with Crippen LogP contribution >= 0.6 is 0 Å². The van der Waals surface area contributed by atoms with E-state index in [4.69, 9.17) is 4.99 Å². The Morgan fingerprint density at radius 1 is 1.04 bits per heavy atom. The predicted molar refractivity (Wildman–Crippen MR) is 108 cm³/mol. The zero-order valence-electron chi connectivity index (χ0n) is 17.3. The molecule has 2 rings (SSSR count). The Hall–Kier alpha value is -1.83. The summed E-state index contributed by atoms with van der Waals surface area (Å²) in [4.78, 5) is 33.3. The first-order valence-corrected chi connectivity index (χ1v) is 10.2. The van der Waals surface area contributed by atoms with Crippen molar-refractivity contribution in [3.05, 3.63) is 0 Å². The van der Waals surface area contributed by atoms with Crippen molar-refractivity contribution >= 4 is 17.8 Å². The summed E-state index contributed by atoms with van der Waals surface area (Å²) < 4.78 is 0. The highest BCUT2D eigenvalue weighted by Gasteiger charge is 2.28. The van der Waals surface area contributed by atoms with Crippen molar-refractivity contribution in [3.8, 4) is 0 Å². The average Bonchev–Trinajstić information content (AvgIpc) is 3.43. The lowest BCUT2D eigenvalue weighted by molar-refractivity contribution is -0.128. The summed E-state index contributed by atoms with van der Waals surface area (Å²) in [5.74, 6) is 1.00. The Balaban J connectivity index is 1.85. The van der Waals surface area contributed by atoms with Crippen LogP contribution < -0.4 is 16.0 Å². The van der Waals surface area contributed by atoms with Crippen molar-refractivity contribution < 1.29 is 9.59 Å². The second kappa shape index (κ2) is 9.92. The molecule has 1 saturated heterocycles. The van der Waals surface area contributed by atoms with Crippen LogP contribution in [-0.2, 0) is 9.59 Å². The lowest BCUT2D eigenvalue weighted by atomic mass is 9.92. The lowest BCUT2D eigenvalue weighted by Gasteiger charge is -2.36. The standard InChI is InChI=1S/C19H36N6O2/c1-5-20-17(27)19(3,4)14-22-18(21-6-2)25-11-9-24(10-12-25)13-16(26)23-15-7-8-15/h15H,5-14H2,1-4H3,(H,20,27)(H,21,22)(H,23,26). The number of hydrogen-bond donors (Lipinski definition) is 3. The Morgan fingerprint density at radius 3 is 2.22 bits per heavy atom. The summed E-state index contributed by atoms with van der Waals surface area (Å²) in [7, 11) is 0. The number of amides is 2. The van der Waals surface area contributed by atoms with Gasteiger partial charge >= 0.3 is 0 Å². The van der Waals surface area contributed by atoms with Gasteiger partial charge < -0.3 is 20.9 Å². The molecule has 1 saturated carbocycles. The zero-order valence-corrected chi connectivity index (χ0v) is 17.3. The third-order valence-corrected chi connectivity index (χ3v) is 4.89. The van der Waals surface area contributed by atoms with E-state index >= 15 is 0 Å². The van der Waals surface area contributed by atoms with E-state index in [9.17, 15) is 9.59 Å². The van der Waals surface area contributed by atoms with Crippen LogP contribution in [0.25, 0.3) is 0 Å². The maximum Gasteiger partial charge on any atom is 0.234 e. The van der Waals surface area contributed by atoms with Gasteiger partial charge in [-0.05, 0) is 40.5 Å². The maximum atomic E-state index is 12.2. The molecule has 8 nitrogen and oxygen atoms in total. The zero-order chi connectivity index (χ0) is 19.9. The average molecular weight is 381 g/mol. The van der Waals surface area contributed by atoms with Crippen LogP contribution in [0.5, 0.6) is 0 Å². The van der Waals surface area contributed by atoms with Crippen LogP contribution in [0.2, 0.25) is 0 Å². The molecule has 0 radical (unpaired) electrons. The summed E-state index contributed by atoms with van der Waals surface area (Å²) in [5, 5.41) is 9.25. The molecule has 154 valence electrons. The fourth-order valence-corrected chi connectivity index (χ4v) is 2.99. The van der Waals surface area contributed by atoms with Gasteiger partial charge in [0.05, 0.1) is 18.5 Å². The van der Waals surface area contributed by atoms with Crippen LogP contribution in [-0.4, -0.2) is 86.0 Å². The van der Waals surface area contributed by atoms with Gasteiger partial charge in [-0.3, -0.25) is 19.5 Å². The van der Waals surface area contributed by atoms with Crippen LogP contribution in [0.3, 0.4) is 0 Å². The van der Waals surface area contributed by atoms with Crippen molar-refractivity contribution in [1.29, 1.82) is 0 Å². The van der Waals surface area contributed by atoms with E-state index in [0.717, 1.165) is 51.5 Å². The molecule has 3 N–H and O–H groups in total. The van der Waals surface area contributed by atoms with Crippen LogP contribution in [0.4, 0.5) is 0 Å². The highest BCUT2D eigenvalue weighted by Crippen LogP contribution is 2.18. The summed E-state index contributed by atoms with van der Waals surface area (Å²) in [6, 6.07) is 0.416. The monoisotopic (exact) mass is 380 g/mol. The SMILES string of the molecule is CCNC(=O)C(C)(C)CN=C(NCC)N1CCN(CC(=O)NC2CC2)CC1. The molecule has 2 fully saturated rings. The fourth-order valence-electron chi connectivity index (χ4n) is 2.99. The highest BCUT2D eigenvalue weighted by molar-refractivity contribution is 5.84. The molecule has 0 unspecified atom stereocenters. The number of nitrogens with one attached hydrogen (secondary N) is 3. The van der Waals surface area contributed by atoms with E-state index < -0.39 is 5.41 Å². The smallest absolute Gasteiger partial charge is 0.234 e. The van der Waals surface area contributed by atoms with Gasteiger partial charge in [0.1, 0.15) is 0 Å². The van der Waals surface area contributed by atoms with E-state index in [2.05, 4.69) is 25.8 Å². The number of carbonyl (C=O) groups is 2. The lowest BCUT2D eigenvalue weighted by Crippen LogP contribution is -2.54. The van der Waals surface area contributed by atoms with E-state index in [1.165, 1.54) is 0 Å². The molecule has 0 bridgehead atoms. The van der Waals surface area contributed by atoms with Crippen molar-refractivity contribution in [1.82, 2.24) is 25.8 Å². The Morgan fingerprint density at radius 2 is 1.67 bits per heavy atom. The van der Waals surface area contributed by atoms with Crippen molar-refractivity contribution in [3.63, 3.8) is 0 Å². The number of aliphatic imine (C=N–C) groups is 1. The second-order valence-electron chi connectivity index (χ2n) is 8.02. The van der Waals surface area contributed by atoms with Gasteiger partial charge in [0.15, 0.2) is 5.96 Å². The van der Waals surface area contributed by atoms with Gasteiger partial charge in [0.25, 0.3) is 0 Å². The predicted octanol–water partition coefficient (Wildman–Crippen LogP) is 0.0104. The largest absolute Gasteiger partial charge is 0.357 e. The maximum absolute atomic E-state index is 12.2. The first kappa shape index (κ1) is 21.5. The topological polar surface area (TPSA) is 89.1 Å². The Labute approximate surface area is 163 Å². The third kappa shape index (κ3) is 7.01. The van der Waals surface area contributed by atoms with Gasteiger partial charge in [-0.15, -0.1) is 0 Å². The molecular formula is C19H36N6O2. The van der Waals surface area contributed by atoms with Crippen LogP contribution in [0.1, 0.15) is 40.5 Å². The van der Waals surface area contributed by atoms with Crippen molar-refractivity contribution in [2.45, 2.75) is 46.6 Å². The van der Waals surface area contributed by atoms with Crippen molar-refractivity contribution in [2.75, 3.05) is 52.4 Å². The first-order chi connectivity index (χ1) is 12.9. The molecule has 2 amide bonds. The normalized spacial score (nSPS) is 19.0. The third-order valence-electron chi connectivity index (χ3n) is 4.89. The molecule has 0 spiro atoms. The van der Waals surface area contributed by atoms with Crippen LogP contribution in [0, 0.1) is 5.41 Å². The molecule has 0 atom stereocenters. The quantitative estimate of drug-likeness (QED) is 0.408. The van der Waals surface area contributed by atoms with Gasteiger partial charge in [-0.2, -0.15) is 0 Å². The second-order valence-corrected chi connectivity index (χ2v) is 8.02. The number of carbonyl (C=O) groups excluding carboxylic acids is 2. The minimum absolute atomic E-state index is 0.0242. The summed E-state index contributed by atoms with van der Waals surface area (Å²) in [6.45, 7) is 13.4. The highest BCUT2D eigenvalue weighted by atomic mass is 16.2. The number of piperazine rings is 1. The van der Waals surface area contributed by atoms with E-state index in [1.54, 1.807) is 0 Å². The van der Waals surface area contributed by atoms with Crippen molar-refractivity contribution in [2.24, 2.45) is 10.4 Å². The molecule has 0 aromatic carbocycles. The fraction of sp³-hybridized carbons (Fsp3) is 0.842. The Bertz CT molecular complexity index is 536. The van der Waals surface area contributed by atoms with E-state index in [0.29, 0.717) is 25.7 Å². The molecule has 0 aromatic rings. The first-order valence-electron chi connectivity index (χ1n) is 10.2. The minimum atomic E-state index is -0.542. The molecule has 27 heavy (non-hydrogen) atoms. The number of hydrogen-bond acceptors (Lipinski definition) is 4. The summed E-state index contributed by atoms with van der Waals surface area (Å²) in [5.41, 5.74) is -0.542. The minimum Gasteiger partial charge on any atom is -0.357 e. The molecule has 2 aliphatic rings.